The summed E-state index contributed by atoms with van der Waals surface area (Å²) in [5, 5.41) is 14.9. The van der Waals surface area contributed by atoms with Crippen LogP contribution in [-0.4, -0.2) is 23.5 Å². The zero-order valence-electron chi connectivity index (χ0n) is 10.4. The van der Waals surface area contributed by atoms with Crippen molar-refractivity contribution in [2.45, 2.75) is 20.3 Å². The quantitative estimate of drug-likeness (QED) is 0.758. The molecule has 1 amide bonds. The second kappa shape index (κ2) is 4.33. The molecule has 2 rings (SSSR count). The molecule has 0 saturated heterocycles. The lowest BCUT2D eigenvalue weighted by Crippen LogP contribution is -2.31. The summed E-state index contributed by atoms with van der Waals surface area (Å²) in [7, 11) is 0. The Balaban J connectivity index is 2.06. The van der Waals surface area contributed by atoms with Gasteiger partial charge in [-0.15, -0.1) is 0 Å². The van der Waals surface area contributed by atoms with E-state index in [0.29, 0.717) is 13.0 Å². The average Bonchev–Trinajstić information content (AvgIpc) is 2.65. The SMILES string of the molecule is CC(C)(CNc1ccc2c(c1)CC(=O)N2)C(=O)O. The van der Waals surface area contributed by atoms with Crippen LogP contribution in [0.4, 0.5) is 11.4 Å². The molecular weight excluding hydrogens is 232 g/mol. The minimum atomic E-state index is -0.840. The minimum Gasteiger partial charge on any atom is -0.481 e. The molecule has 1 aliphatic rings. The van der Waals surface area contributed by atoms with Crippen LogP contribution in [-0.2, 0) is 16.0 Å². The van der Waals surface area contributed by atoms with Crippen LogP contribution >= 0.6 is 0 Å². The van der Waals surface area contributed by atoms with Gasteiger partial charge in [-0.25, -0.2) is 0 Å². The topological polar surface area (TPSA) is 78.4 Å². The highest BCUT2D eigenvalue weighted by Crippen LogP contribution is 2.26. The summed E-state index contributed by atoms with van der Waals surface area (Å²) in [6.45, 7) is 3.67. The van der Waals surface area contributed by atoms with Crippen LogP contribution in [0.5, 0.6) is 0 Å². The Morgan fingerprint density at radius 1 is 1.50 bits per heavy atom. The highest BCUT2D eigenvalue weighted by atomic mass is 16.4. The van der Waals surface area contributed by atoms with Crippen LogP contribution in [0.15, 0.2) is 18.2 Å². The summed E-state index contributed by atoms with van der Waals surface area (Å²) in [6.07, 6.45) is 0.382. The second-order valence-corrected chi connectivity index (χ2v) is 5.14. The maximum Gasteiger partial charge on any atom is 0.310 e. The van der Waals surface area contributed by atoms with E-state index in [4.69, 9.17) is 5.11 Å². The number of hydrogen-bond acceptors (Lipinski definition) is 3. The van der Waals surface area contributed by atoms with E-state index in [1.54, 1.807) is 13.8 Å². The third-order valence-corrected chi connectivity index (χ3v) is 3.04. The lowest BCUT2D eigenvalue weighted by Gasteiger charge is -2.20. The minimum absolute atomic E-state index is 0.00647. The van der Waals surface area contributed by atoms with Crippen LogP contribution in [0.25, 0.3) is 0 Å². The van der Waals surface area contributed by atoms with Crippen molar-refractivity contribution in [3.05, 3.63) is 23.8 Å². The van der Waals surface area contributed by atoms with Gasteiger partial charge in [0.15, 0.2) is 0 Å². The molecule has 3 N–H and O–H groups in total. The van der Waals surface area contributed by atoms with Gasteiger partial charge in [0.1, 0.15) is 0 Å². The van der Waals surface area contributed by atoms with Crippen molar-refractivity contribution in [1.29, 1.82) is 0 Å². The Kier molecular flexibility index (Phi) is 2.98. The predicted octanol–water partition coefficient (Wildman–Crippen LogP) is 1.70. The largest absolute Gasteiger partial charge is 0.481 e. The molecule has 1 aromatic carbocycles. The molecule has 1 heterocycles. The molecule has 0 saturated carbocycles. The van der Waals surface area contributed by atoms with Gasteiger partial charge < -0.3 is 15.7 Å². The summed E-state index contributed by atoms with van der Waals surface area (Å²) < 4.78 is 0. The number of carboxylic acid groups (broad SMARTS) is 1. The fraction of sp³-hybridized carbons (Fsp3) is 0.385. The van der Waals surface area contributed by atoms with Crippen molar-refractivity contribution in [1.82, 2.24) is 0 Å². The van der Waals surface area contributed by atoms with E-state index >= 15 is 0 Å². The van der Waals surface area contributed by atoms with Crippen molar-refractivity contribution in [3.8, 4) is 0 Å². The van der Waals surface area contributed by atoms with Crippen LogP contribution in [0, 0.1) is 5.41 Å². The fourth-order valence-electron chi connectivity index (χ4n) is 1.74. The number of anilines is 2. The van der Waals surface area contributed by atoms with Crippen LogP contribution in [0.3, 0.4) is 0 Å². The van der Waals surface area contributed by atoms with Crippen molar-refractivity contribution in [3.63, 3.8) is 0 Å². The molecule has 0 aliphatic carbocycles. The Labute approximate surface area is 105 Å². The summed E-state index contributed by atoms with van der Waals surface area (Å²) in [5.74, 6) is -0.846. The number of fused-ring (bicyclic) bond motifs is 1. The van der Waals surface area contributed by atoms with Gasteiger partial charge in [-0.1, -0.05) is 0 Å². The molecule has 0 bridgehead atoms. The number of hydrogen-bond donors (Lipinski definition) is 3. The zero-order chi connectivity index (χ0) is 13.3. The molecule has 0 fully saturated rings. The van der Waals surface area contributed by atoms with E-state index in [0.717, 1.165) is 16.9 Å². The maximum atomic E-state index is 11.2. The van der Waals surface area contributed by atoms with Crippen LogP contribution in [0.1, 0.15) is 19.4 Å². The Bertz CT molecular complexity index is 509. The number of rotatable bonds is 4. The number of nitrogens with one attached hydrogen (secondary N) is 2. The van der Waals surface area contributed by atoms with E-state index in [9.17, 15) is 9.59 Å². The third-order valence-electron chi connectivity index (χ3n) is 3.04. The van der Waals surface area contributed by atoms with Crippen LogP contribution in [0.2, 0.25) is 0 Å². The average molecular weight is 248 g/mol. The third kappa shape index (κ3) is 2.45. The molecule has 5 heteroatoms. The molecule has 0 atom stereocenters. The van der Waals surface area contributed by atoms with Gasteiger partial charge >= 0.3 is 5.97 Å². The van der Waals surface area contributed by atoms with Gasteiger partial charge in [-0.3, -0.25) is 9.59 Å². The van der Waals surface area contributed by atoms with Gasteiger partial charge in [-0.2, -0.15) is 0 Å². The van der Waals surface area contributed by atoms with Gasteiger partial charge in [0.25, 0.3) is 0 Å². The monoisotopic (exact) mass is 248 g/mol. The van der Waals surface area contributed by atoms with Crippen molar-refractivity contribution in [2.75, 3.05) is 17.2 Å². The first kappa shape index (κ1) is 12.4. The molecular formula is C13H16N2O3. The molecule has 5 nitrogen and oxygen atoms in total. The molecule has 0 spiro atoms. The molecule has 18 heavy (non-hydrogen) atoms. The first-order chi connectivity index (χ1) is 8.38. The number of carbonyl (C=O) groups excluding carboxylic acids is 1. The van der Waals surface area contributed by atoms with Gasteiger partial charge in [-0.05, 0) is 37.6 Å². The van der Waals surface area contributed by atoms with Gasteiger partial charge in [0.2, 0.25) is 5.91 Å². The second-order valence-electron chi connectivity index (χ2n) is 5.14. The van der Waals surface area contributed by atoms with E-state index in [1.807, 2.05) is 18.2 Å². The summed E-state index contributed by atoms with van der Waals surface area (Å²) >= 11 is 0. The lowest BCUT2D eigenvalue weighted by molar-refractivity contribution is -0.146. The smallest absolute Gasteiger partial charge is 0.310 e. The van der Waals surface area contributed by atoms with Gasteiger partial charge in [0.05, 0.1) is 11.8 Å². The first-order valence-electron chi connectivity index (χ1n) is 5.78. The Morgan fingerprint density at radius 2 is 2.22 bits per heavy atom. The summed E-state index contributed by atoms with van der Waals surface area (Å²) in [5.41, 5.74) is 1.79. The molecule has 1 aromatic rings. The molecule has 1 aliphatic heterocycles. The van der Waals surface area contributed by atoms with Crippen LogP contribution < -0.4 is 10.6 Å². The fourth-order valence-corrected chi connectivity index (χ4v) is 1.74. The summed E-state index contributed by atoms with van der Waals surface area (Å²) in [6, 6.07) is 5.55. The maximum absolute atomic E-state index is 11.2. The Morgan fingerprint density at radius 3 is 2.89 bits per heavy atom. The molecule has 96 valence electrons. The standard InChI is InChI=1S/C13H16N2O3/c1-13(2,12(17)18)7-14-9-3-4-10-8(5-9)6-11(16)15-10/h3-5,14H,6-7H2,1-2H3,(H,15,16)(H,17,18). The van der Waals surface area contributed by atoms with E-state index in [-0.39, 0.29) is 5.91 Å². The van der Waals surface area contributed by atoms with Crippen molar-refractivity contribution < 1.29 is 14.7 Å². The highest BCUT2D eigenvalue weighted by Gasteiger charge is 2.27. The lowest BCUT2D eigenvalue weighted by atomic mass is 9.94. The predicted molar refractivity (Wildman–Crippen MR) is 68.7 cm³/mol. The molecule has 0 radical (unpaired) electrons. The number of benzene rings is 1. The van der Waals surface area contributed by atoms with Crippen molar-refractivity contribution in [2.24, 2.45) is 5.41 Å². The van der Waals surface area contributed by atoms with E-state index in [2.05, 4.69) is 10.6 Å². The zero-order valence-corrected chi connectivity index (χ0v) is 10.4. The molecule has 0 unspecified atom stereocenters. The van der Waals surface area contributed by atoms with E-state index in [1.165, 1.54) is 0 Å². The number of carbonyl (C=O) groups is 2. The highest BCUT2D eigenvalue weighted by molar-refractivity contribution is 5.99. The molecule has 0 aromatic heterocycles. The number of carboxylic acids is 1. The van der Waals surface area contributed by atoms with Gasteiger partial charge in [0, 0.05) is 17.9 Å². The normalized spacial score (nSPS) is 14.0. The number of amides is 1. The van der Waals surface area contributed by atoms with Crippen molar-refractivity contribution >= 4 is 23.3 Å². The number of aliphatic carboxylic acids is 1. The van der Waals surface area contributed by atoms with E-state index < -0.39 is 11.4 Å². The Hall–Kier alpha value is -2.04. The summed E-state index contributed by atoms with van der Waals surface area (Å²) in [4.78, 5) is 22.2. The first-order valence-corrected chi connectivity index (χ1v) is 5.78.